The first-order valence-electron chi connectivity index (χ1n) is 8.94. The van der Waals surface area contributed by atoms with Crippen molar-refractivity contribution in [1.29, 1.82) is 0 Å². The summed E-state index contributed by atoms with van der Waals surface area (Å²) in [5.41, 5.74) is 1.11. The summed E-state index contributed by atoms with van der Waals surface area (Å²) in [6.07, 6.45) is 2.66. The Morgan fingerprint density at radius 2 is 1.72 bits per heavy atom. The molecule has 0 aliphatic heterocycles. The van der Waals surface area contributed by atoms with Gasteiger partial charge in [-0.2, -0.15) is 0 Å². The summed E-state index contributed by atoms with van der Waals surface area (Å²) in [7, 11) is 1.46. The van der Waals surface area contributed by atoms with E-state index in [0.717, 1.165) is 11.3 Å². The zero-order chi connectivity index (χ0) is 21.2. The minimum absolute atomic E-state index is 0.244. The first-order chi connectivity index (χ1) is 14.0. The highest BCUT2D eigenvalue weighted by Gasteiger charge is 2.16. The highest BCUT2D eigenvalue weighted by atomic mass is 32.2. The van der Waals surface area contributed by atoms with E-state index in [-0.39, 0.29) is 5.56 Å². The van der Waals surface area contributed by atoms with Crippen molar-refractivity contribution in [3.8, 4) is 5.75 Å². The molecule has 8 heteroatoms. The standard InChI is InChI=1S/C21H23NO6S/c1-4-11-27-20(24)14-5-7-15(8-6-14)22-19(23)13-28-21(25)17-10-9-16(29-3)12-18(17)26-2/h5-10,12H,4,11,13H2,1-3H3,(H,22,23). The van der Waals surface area contributed by atoms with Crippen molar-refractivity contribution in [1.82, 2.24) is 0 Å². The molecule has 0 atom stereocenters. The summed E-state index contributed by atoms with van der Waals surface area (Å²) in [5, 5.41) is 2.60. The Kier molecular flexibility index (Phi) is 8.54. The molecule has 29 heavy (non-hydrogen) atoms. The SMILES string of the molecule is CCCOC(=O)c1ccc(NC(=O)COC(=O)c2ccc(SC)cc2OC)cc1. The van der Waals surface area contributed by atoms with Gasteiger partial charge in [0, 0.05) is 10.6 Å². The summed E-state index contributed by atoms with van der Waals surface area (Å²) < 4.78 is 15.3. The summed E-state index contributed by atoms with van der Waals surface area (Å²) in [6.45, 7) is 1.81. The van der Waals surface area contributed by atoms with E-state index in [1.165, 1.54) is 18.9 Å². The van der Waals surface area contributed by atoms with Crippen LogP contribution in [0.25, 0.3) is 0 Å². The molecule has 0 bridgehead atoms. The van der Waals surface area contributed by atoms with Gasteiger partial charge in [-0.1, -0.05) is 6.92 Å². The largest absolute Gasteiger partial charge is 0.496 e. The second-order valence-electron chi connectivity index (χ2n) is 5.90. The van der Waals surface area contributed by atoms with Gasteiger partial charge in [-0.3, -0.25) is 4.79 Å². The van der Waals surface area contributed by atoms with Crippen LogP contribution in [-0.2, 0) is 14.3 Å². The quantitative estimate of drug-likeness (QED) is 0.490. The van der Waals surface area contributed by atoms with Crippen molar-refractivity contribution < 1.29 is 28.6 Å². The van der Waals surface area contributed by atoms with E-state index in [9.17, 15) is 14.4 Å². The Hall–Kier alpha value is -3.00. The molecule has 0 saturated heterocycles. The molecule has 0 aliphatic rings. The van der Waals surface area contributed by atoms with Gasteiger partial charge in [0.25, 0.3) is 5.91 Å². The normalized spacial score (nSPS) is 10.2. The maximum absolute atomic E-state index is 12.2. The van der Waals surface area contributed by atoms with Crippen molar-refractivity contribution in [3.63, 3.8) is 0 Å². The van der Waals surface area contributed by atoms with Crippen molar-refractivity contribution in [3.05, 3.63) is 53.6 Å². The molecule has 0 heterocycles. The fourth-order valence-electron chi connectivity index (χ4n) is 2.34. The third-order valence-electron chi connectivity index (χ3n) is 3.80. The lowest BCUT2D eigenvalue weighted by atomic mass is 10.2. The number of hydrogen-bond acceptors (Lipinski definition) is 7. The Morgan fingerprint density at radius 1 is 1.00 bits per heavy atom. The maximum atomic E-state index is 12.2. The fourth-order valence-corrected chi connectivity index (χ4v) is 2.77. The highest BCUT2D eigenvalue weighted by Crippen LogP contribution is 2.25. The topological polar surface area (TPSA) is 90.9 Å². The Labute approximate surface area is 173 Å². The third kappa shape index (κ3) is 6.53. The molecule has 7 nitrogen and oxygen atoms in total. The molecule has 0 saturated carbocycles. The van der Waals surface area contributed by atoms with Crippen molar-refractivity contribution >= 4 is 35.3 Å². The van der Waals surface area contributed by atoms with Gasteiger partial charge in [0.05, 0.1) is 19.3 Å². The van der Waals surface area contributed by atoms with Crippen LogP contribution in [0.2, 0.25) is 0 Å². The van der Waals surface area contributed by atoms with Crippen LogP contribution in [-0.4, -0.2) is 44.4 Å². The molecule has 1 N–H and O–H groups in total. The van der Waals surface area contributed by atoms with E-state index in [1.54, 1.807) is 42.5 Å². The number of carbonyl (C=O) groups is 3. The van der Waals surface area contributed by atoms with E-state index < -0.39 is 24.5 Å². The highest BCUT2D eigenvalue weighted by molar-refractivity contribution is 7.98. The number of thioether (sulfide) groups is 1. The van der Waals surface area contributed by atoms with E-state index >= 15 is 0 Å². The smallest absolute Gasteiger partial charge is 0.342 e. The van der Waals surface area contributed by atoms with E-state index in [1.807, 2.05) is 13.2 Å². The summed E-state index contributed by atoms with van der Waals surface area (Å²) in [4.78, 5) is 37.0. The number of amides is 1. The zero-order valence-electron chi connectivity index (χ0n) is 16.5. The van der Waals surface area contributed by atoms with Crippen molar-refractivity contribution in [2.75, 3.05) is 31.9 Å². The van der Waals surface area contributed by atoms with E-state index in [2.05, 4.69) is 5.32 Å². The van der Waals surface area contributed by atoms with Crippen LogP contribution in [0.5, 0.6) is 5.75 Å². The molecule has 0 fully saturated rings. The number of esters is 2. The van der Waals surface area contributed by atoms with Crippen LogP contribution in [0.4, 0.5) is 5.69 Å². The number of methoxy groups -OCH3 is 1. The third-order valence-corrected chi connectivity index (χ3v) is 4.53. The minimum atomic E-state index is -0.654. The predicted molar refractivity (Wildman–Crippen MR) is 111 cm³/mol. The van der Waals surface area contributed by atoms with Crippen LogP contribution in [0.3, 0.4) is 0 Å². The van der Waals surface area contributed by atoms with Crippen LogP contribution >= 0.6 is 11.8 Å². The number of rotatable bonds is 9. The number of benzene rings is 2. The van der Waals surface area contributed by atoms with Crippen LogP contribution in [0.15, 0.2) is 47.4 Å². The van der Waals surface area contributed by atoms with Crippen LogP contribution in [0.1, 0.15) is 34.1 Å². The maximum Gasteiger partial charge on any atom is 0.342 e. The average molecular weight is 417 g/mol. The molecule has 2 aromatic rings. The molecule has 2 rings (SSSR count). The predicted octanol–water partition coefficient (Wildman–Crippen LogP) is 3.78. The van der Waals surface area contributed by atoms with Gasteiger partial charge in [0.2, 0.25) is 0 Å². The summed E-state index contributed by atoms with van der Waals surface area (Å²) in [5.74, 6) is -1.19. The lowest BCUT2D eigenvalue weighted by Gasteiger charge is -2.10. The number of carbonyl (C=O) groups excluding carboxylic acids is 3. The summed E-state index contributed by atoms with van der Waals surface area (Å²) >= 11 is 1.52. The number of ether oxygens (including phenoxy) is 3. The molecule has 0 unspecified atom stereocenters. The number of hydrogen-bond donors (Lipinski definition) is 1. The molecule has 2 aromatic carbocycles. The monoisotopic (exact) mass is 417 g/mol. The second-order valence-corrected chi connectivity index (χ2v) is 6.78. The average Bonchev–Trinajstić information content (AvgIpc) is 2.75. The lowest BCUT2D eigenvalue weighted by Crippen LogP contribution is -2.21. The second kappa shape index (κ2) is 11.1. The molecule has 1 amide bonds. The van der Waals surface area contributed by atoms with Gasteiger partial charge < -0.3 is 19.5 Å². The van der Waals surface area contributed by atoms with Gasteiger partial charge in [-0.25, -0.2) is 9.59 Å². The zero-order valence-corrected chi connectivity index (χ0v) is 17.3. The van der Waals surface area contributed by atoms with Gasteiger partial charge in [0.15, 0.2) is 6.61 Å². The molecule has 0 spiro atoms. The Balaban J connectivity index is 1.89. The molecule has 0 radical (unpaired) electrons. The number of anilines is 1. The summed E-state index contributed by atoms with van der Waals surface area (Å²) in [6, 6.07) is 11.4. The van der Waals surface area contributed by atoms with Crippen molar-refractivity contribution in [2.24, 2.45) is 0 Å². The molecule has 0 aliphatic carbocycles. The lowest BCUT2D eigenvalue weighted by molar-refractivity contribution is -0.119. The van der Waals surface area contributed by atoms with Crippen molar-refractivity contribution in [2.45, 2.75) is 18.2 Å². The van der Waals surface area contributed by atoms with Gasteiger partial charge >= 0.3 is 11.9 Å². The Morgan fingerprint density at radius 3 is 2.34 bits per heavy atom. The fraction of sp³-hybridized carbons (Fsp3) is 0.286. The van der Waals surface area contributed by atoms with Crippen LogP contribution in [0, 0.1) is 0 Å². The molecule has 154 valence electrons. The van der Waals surface area contributed by atoms with E-state index in [0.29, 0.717) is 23.6 Å². The van der Waals surface area contributed by atoms with Gasteiger partial charge in [-0.15, -0.1) is 11.8 Å². The van der Waals surface area contributed by atoms with Crippen LogP contribution < -0.4 is 10.1 Å². The first kappa shape index (κ1) is 22.3. The molecule has 0 aromatic heterocycles. The Bertz CT molecular complexity index is 866. The number of nitrogens with one attached hydrogen (secondary N) is 1. The van der Waals surface area contributed by atoms with Gasteiger partial charge in [0.1, 0.15) is 11.3 Å². The van der Waals surface area contributed by atoms with E-state index in [4.69, 9.17) is 14.2 Å². The van der Waals surface area contributed by atoms with Gasteiger partial charge in [-0.05, 0) is 55.1 Å². The molecular formula is C21H23NO6S. The first-order valence-corrected chi connectivity index (χ1v) is 10.2. The minimum Gasteiger partial charge on any atom is -0.496 e. The molecular weight excluding hydrogens is 394 g/mol.